The predicted molar refractivity (Wildman–Crippen MR) is 74.2 cm³/mol. The zero-order valence-corrected chi connectivity index (χ0v) is 11.1. The number of benzene rings is 1. The zero-order chi connectivity index (χ0) is 13.7. The molecule has 0 saturated carbocycles. The molecule has 0 bridgehead atoms. The SMILES string of the molecule is Cc1nccn1CC(=O)N/N=C\c1ccc(Cl)cc1. The number of rotatable bonds is 4. The van der Waals surface area contributed by atoms with E-state index in [9.17, 15) is 4.79 Å². The van der Waals surface area contributed by atoms with Crippen molar-refractivity contribution in [1.82, 2.24) is 15.0 Å². The fraction of sp³-hybridized carbons (Fsp3) is 0.154. The van der Waals surface area contributed by atoms with E-state index in [0.717, 1.165) is 11.4 Å². The Morgan fingerprint density at radius 1 is 1.47 bits per heavy atom. The van der Waals surface area contributed by atoms with Gasteiger partial charge in [0.25, 0.3) is 5.91 Å². The number of imidazole rings is 1. The summed E-state index contributed by atoms with van der Waals surface area (Å²) >= 11 is 5.77. The molecular weight excluding hydrogens is 264 g/mol. The normalized spacial score (nSPS) is 10.8. The van der Waals surface area contributed by atoms with E-state index in [0.29, 0.717) is 5.02 Å². The third-order valence-electron chi connectivity index (χ3n) is 2.51. The maximum Gasteiger partial charge on any atom is 0.260 e. The molecule has 1 N–H and O–H groups in total. The van der Waals surface area contributed by atoms with Gasteiger partial charge in [-0.1, -0.05) is 23.7 Å². The van der Waals surface area contributed by atoms with E-state index in [1.807, 2.05) is 19.1 Å². The van der Waals surface area contributed by atoms with E-state index in [2.05, 4.69) is 15.5 Å². The van der Waals surface area contributed by atoms with Gasteiger partial charge in [0, 0.05) is 17.4 Å². The zero-order valence-electron chi connectivity index (χ0n) is 10.4. The van der Waals surface area contributed by atoms with Crippen LogP contribution < -0.4 is 5.43 Å². The molecule has 1 aromatic heterocycles. The number of aromatic nitrogens is 2. The molecule has 2 rings (SSSR count). The minimum Gasteiger partial charge on any atom is -0.326 e. The molecule has 6 heteroatoms. The van der Waals surface area contributed by atoms with Crippen molar-refractivity contribution >= 4 is 23.7 Å². The number of halogens is 1. The first kappa shape index (κ1) is 13.3. The summed E-state index contributed by atoms with van der Waals surface area (Å²) < 4.78 is 1.74. The summed E-state index contributed by atoms with van der Waals surface area (Å²) in [6, 6.07) is 7.16. The number of hydrogen-bond donors (Lipinski definition) is 1. The highest BCUT2D eigenvalue weighted by atomic mass is 35.5. The summed E-state index contributed by atoms with van der Waals surface area (Å²) in [4.78, 5) is 15.7. The molecule has 0 spiro atoms. The first-order valence-corrected chi connectivity index (χ1v) is 6.08. The molecule has 0 atom stereocenters. The number of hydrazone groups is 1. The fourth-order valence-corrected chi connectivity index (χ4v) is 1.61. The molecule has 1 heterocycles. The van der Waals surface area contributed by atoms with Gasteiger partial charge in [-0.05, 0) is 24.6 Å². The molecule has 0 radical (unpaired) electrons. The van der Waals surface area contributed by atoms with Crippen molar-refractivity contribution in [3.63, 3.8) is 0 Å². The highest BCUT2D eigenvalue weighted by Gasteiger charge is 2.02. The van der Waals surface area contributed by atoms with Crippen LogP contribution in [0.25, 0.3) is 0 Å². The van der Waals surface area contributed by atoms with Gasteiger partial charge in [0.1, 0.15) is 12.4 Å². The van der Waals surface area contributed by atoms with E-state index in [1.165, 1.54) is 0 Å². The van der Waals surface area contributed by atoms with Crippen LogP contribution in [0.1, 0.15) is 11.4 Å². The topological polar surface area (TPSA) is 59.3 Å². The van der Waals surface area contributed by atoms with Gasteiger partial charge in [-0.25, -0.2) is 10.4 Å². The Bertz CT molecular complexity index is 589. The summed E-state index contributed by atoms with van der Waals surface area (Å²) in [5.41, 5.74) is 3.32. The number of hydrogen-bond acceptors (Lipinski definition) is 3. The van der Waals surface area contributed by atoms with Crippen molar-refractivity contribution < 1.29 is 4.79 Å². The number of amides is 1. The van der Waals surface area contributed by atoms with Crippen LogP contribution in [0.15, 0.2) is 41.8 Å². The van der Waals surface area contributed by atoms with Crippen LogP contribution in [-0.2, 0) is 11.3 Å². The maximum absolute atomic E-state index is 11.6. The molecule has 98 valence electrons. The van der Waals surface area contributed by atoms with E-state index in [-0.39, 0.29) is 12.5 Å². The Balaban J connectivity index is 1.86. The van der Waals surface area contributed by atoms with Crippen molar-refractivity contribution in [1.29, 1.82) is 0 Å². The lowest BCUT2D eigenvalue weighted by Gasteiger charge is -2.02. The second kappa shape index (κ2) is 6.15. The molecule has 0 aliphatic rings. The quantitative estimate of drug-likeness (QED) is 0.686. The van der Waals surface area contributed by atoms with Gasteiger partial charge in [-0.2, -0.15) is 5.10 Å². The Hall–Kier alpha value is -2.14. The Morgan fingerprint density at radius 3 is 2.84 bits per heavy atom. The third kappa shape index (κ3) is 3.93. The lowest BCUT2D eigenvalue weighted by molar-refractivity contribution is -0.121. The van der Waals surface area contributed by atoms with E-state index in [1.54, 1.807) is 35.3 Å². The summed E-state index contributed by atoms with van der Waals surface area (Å²) in [7, 11) is 0. The summed E-state index contributed by atoms with van der Waals surface area (Å²) in [5, 5.41) is 4.54. The highest BCUT2D eigenvalue weighted by Crippen LogP contribution is 2.07. The average Bonchev–Trinajstić information content (AvgIpc) is 2.78. The van der Waals surface area contributed by atoms with Crippen molar-refractivity contribution in [3.05, 3.63) is 53.1 Å². The molecule has 2 aromatic rings. The smallest absolute Gasteiger partial charge is 0.260 e. The van der Waals surface area contributed by atoms with Gasteiger partial charge < -0.3 is 4.57 Å². The first-order chi connectivity index (χ1) is 9.15. The van der Waals surface area contributed by atoms with Gasteiger partial charge in [0.05, 0.1) is 6.21 Å². The maximum atomic E-state index is 11.6. The van der Waals surface area contributed by atoms with Gasteiger partial charge in [-0.3, -0.25) is 4.79 Å². The number of nitrogens with zero attached hydrogens (tertiary/aromatic N) is 3. The van der Waals surface area contributed by atoms with Gasteiger partial charge in [-0.15, -0.1) is 0 Å². The molecule has 0 aliphatic heterocycles. The van der Waals surface area contributed by atoms with Gasteiger partial charge >= 0.3 is 0 Å². The Labute approximate surface area is 115 Å². The monoisotopic (exact) mass is 276 g/mol. The van der Waals surface area contributed by atoms with Gasteiger partial charge in [0.2, 0.25) is 0 Å². The lowest BCUT2D eigenvalue weighted by atomic mass is 10.2. The second-order valence-electron chi connectivity index (χ2n) is 3.95. The number of nitrogens with one attached hydrogen (secondary N) is 1. The molecule has 0 unspecified atom stereocenters. The second-order valence-corrected chi connectivity index (χ2v) is 4.38. The van der Waals surface area contributed by atoms with Crippen LogP contribution in [-0.4, -0.2) is 21.7 Å². The number of carbonyl (C=O) groups excluding carboxylic acids is 1. The van der Waals surface area contributed by atoms with Crippen molar-refractivity contribution in [2.75, 3.05) is 0 Å². The van der Waals surface area contributed by atoms with Crippen LogP contribution in [0.4, 0.5) is 0 Å². The van der Waals surface area contributed by atoms with Crippen LogP contribution in [0, 0.1) is 6.92 Å². The minimum atomic E-state index is -0.202. The molecule has 5 nitrogen and oxygen atoms in total. The average molecular weight is 277 g/mol. The van der Waals surface area contributed by atoms with E-state index in [4.69, 9.17) is 11.6 Å². The van der Waals surface area contributed by atoms with Crippen LogP contribution in [0.3, 0.4) is 0 Å². The minimum absolute atomic E-state index is 0.198. The standard InChI is InChI=1S/C13H13ClN4O/c1-10-15-6-7-18(10)9-13(19)17-16-8-11-2-4-12(14)5-3-11/h2-8H,9H2,1H3,(H,17,19)/b16-8-. The van der Waals surface area contributed by atoms with E-state index < -0.39 is 0 Å². The number of aryl methyl sites for hydroxylation is 1. The fourth-order valence-electron chi connectivity index (χ4n) is 1.49. The molecule has 19 heavy (non-hydrogen) atoms. The molecule has 1 amide bonds. The highest BCUT2D eigenvalue weighted by molar-refractivity contribution is 6.30. The summed E-state index contributed by atoms with van der Waals surface area (Å²) in [5.74, 6) is 0.586. The van der Waals surface area contributed by atoms with Crippen molar-refractivity contribution in [2.45, 2.75) is 13.5 Å². The third-order valence-corrected chi connectivity index (χ3v) is 2.76. The van der Waals surface area contributed by atoms with Crippen molar-refractivity contribution in [3.8, 4) is 0 Å². The van der Waals surface area contributed by atoms with E-state index >= 15 is 0 Å². The Morgan fingerprint density at radius 2 is 2.21 bits per heavy atom. The summed E-state index contributed by atoms with van der Waals surface area (Å²) in [6.07, 6.45) is 4.96. The van der Waals surface area contributed by atoms with Crippen LogP contribution in [0.5, 0.6) is 0 Å². The van der Waals surface area contributed by atoms with Crippen molar-refractivity contribution in [2.24, 2.45) is 5.10 Å². The molecule has 0 saturated heterocycles. The first-order valence-electron chi connectivity index (χ1n) is 5.70. The Kier molecular flexibility index (Phi) is 4.30. The van der Waals surface area contributed by atoms with Crippen LogP contribution in [0.2, 0.25) is 5.02 Å². The predicted octanol–water partition coefficient (Wildman–Crippen LogP) is 2.00. The molecular formula is C13H13ClN4O. The lowest BCUT2D eigenvalue weighted by Crippen LogP contribution is -2.23. The molecule has 0 aliphatic carbocycles. The van der Waals surface area contributed by atoms with Gasteiger partial charge in [0.15, 0.2) is 0 Å². The molecule has 1 aromatic carbocycles. The largest absolute Gasteiger partial charge is 0.326 e. The number of carbonyl (C=O) groups is 1. The summed E-state index contributed by atoms with van der Waals surface area (Å²) in [6.45, 7) is 2.04. The van der Waals surface area contributed by atoms with Crippen LogP contribution >= 0.6 is 11.6 Å². The molecule has 0 fully saturated rings.